The number of carbonyl (C=O) groups excluding carboxylic acids is 1. The first-order valence-corrected chi connectivity index (χ1v) is 3.78. The molecule has 3 nitrogen and oxygen atoms in total. The van der Waals surface area contributed by atoms with Crippen molar-refractivity contribution in [3.8, 4) is 0 Å². The molecule has 1 amide bonds. The SMILES string of the molecule is CCOC(=O)N(C)CBr. The Hall–Kier alpha value is -0.250. The van der Waals surface area contributed by atoms with E-state index in [4.69, 9.17) is 0 Å². The zero-order valence-electron chi connectivity index (χ0n) is 5.56. The van der Waals surface area contributed by atoms with Crippen LogP contribution in [-0.2, 0) is 4.74 Å². The smallest absolute Gasteiger partial charge is 0.410 e. The Bertz CT molecular complexity index is 97.0. The van der Waals surface area contributed by atoms with Gasteiger partial charge in [0, 0.05) is 7.05 Å². The van der Waals surface area contributed by atoms with Gasteiger partial charge in [-0.2, -0.15) is 0 Å². The number of alkyl halides is 1. The van der Waals surface area contributed by atoms with E-state index in [0.29, 0.717) is 12.1 Å². The van der Waals surface area contributed by atoms with Crippen LogP contribution in [0.3, 0.4) is 0 Å². The molecule has 0 heterocycles. The lowest BCUT2D eigenvalue weighted by Crippen LogP contribution is -2.25. The molecule has 0 saturated heterocycles. The fourth-order valence-electron chi connectivity index (χ4n) is 0.282. The average molecular weight is 196 g/mol. The molecule has 0 aliphatic heterocycles. The topological polar surface area (TPSA) is 29.5 Å². The van der Waals surface area contributed by atoms with Crippen LogP contribution >= 0.6 is 15.9 Å². The monoisotopic (exact) mass is 195 g/mol. The summed E-state index contributed by atoms with van der Waals surface area (Å²) in [5.41, 5.74) is 0.506. The molecule has 0 spiro atoms. The van der Waals surface area contributed by atoms with Crippen LogP contribution in [0.25, 0.3) is 0 Å². The summed E-state index contributed by atoms with van der Waals surface area (Å²) >= 11 is 3.11. The highest BCUT2D eigenvalue weighted by Crippen LogP contribution is 1.92. The van der Waals surface area contributed by atoms with Gasteiger partial charge in [-0.1, -0.05) is 15.9 Å². The van der Waals surface area contributed by atoms with Crippen LogP contribution in [-0.4, -0.2) is 30.1 Å². The highest BCUT2D eigenvalue weighted by atomic mass is 79.9. The molecule has 0 aromatic rings. The van der Waals surface area contributed by atoms with Crippen LogP contribution in [0.4, 0.5) is 4.79 Å². The fourth-order valence-corrected chi connectivity index (χ4v) is 0.487. The molecule has 4 heteroatoms. The molecule has 0 saturated carbocycles. The van der Waals surface area contributed by atoms with E-state index in [1.807, 2.05) is 0 Å². The molecule has 0 aliphatic rings. The van der Waals surface area contributed by atoms with Crippen LogP contribution in [0.2, 0.25) is 0 Å². The molecule has 0 N–H and O–H groups in total. The molecule has 0 aromatic heterocycles. The van der Waals surface area contributed by atoms with Crippen molar-refractivity contribution in [2.45, 2.75) is 6.92 Å². The zero-order chi connectivity index (χ0) is 7.28. The van der Waals surface area contributed by atoms with Gasteiger partial charge in [-0.3, -0.25) is 0 Å². The van der Waals surface area contributed by atoms with Crippen molar-refractivity contribution >= 4 is 22.0 Å². The Kier molecular flexibility index (Phi) is 4.48. The molecule has 0 aromatic carbocycles. The first kappa shape index (κ1) is 8.75. The molecule has 0 unspecified atom stereocenters. The molecule has 0 fully saturated rings. The highest BCUT2D eigenvalue weighted by molar-refractivity contribution is 9.09. The minimum atomic E-state index is -0.297. The number of ether oxygens (including phenoxy) is 1. The van der Waals surface area contributed by atoms with Crippen molar-refractivity contribution in [2.75, 3.05) is 19.1 Å². The lowest BCUT2D eigenvalue weighted by Gasteiger charge is -2.11. The number of amides is 1. The third kappa shape index (κ3) is 3.35. The van der Waals surface area contributed by atoms with Crippen LogP contribution < -0.4 is 0 Å². The van der Waals surface area contributed by atoms with Crippen molar-refractivity contribution in [1.82, 2.24) is 4.90 Å². The predicted octanol–water partition coefficient (Wildman–Crippen LogP) is 1.43. The van der Waals surface area contributed by atoms with Crippen molar-refractivity contribution in [2.24, 2.45) is 0 Å². The number of nitrogens with zero attached hydrogens (tertiary/aromatic N) is 1. The van der Waals surface area contributed by atoms with E-state index in [9.17, 15) is 4.79 Å². The Morgan fingerprint density at radius 1 is 1.78 bits per heavy atom. The Morgan fingerprint density at radius 2 is 2.33 bits per heavy atom. The van der Waals surface area contributed by atoms with Crippen molar-refractivity contribution in [1.29, 1.82) is 0 Å². The summed E-state index contributed by atoms with van der Waals surface area (Å²) in [6, 6.07) is 0. The summed E-state index contributed by atoms with van der Waals surface area (Å²) in [6.07, 6.45) is -0.297. The summed E-state index contributed by atoms with van der Waals surface area (Å²) in [5.74, 6) is 0. The van der Waals surface area contributed by atoms with Crippen LogP contribution in [0.15, 0.2) is 0 Å². The third-order valence-corrected chi connectivity index (χ3v) is 1.51. The van der Waals surface area contributed by atoms with E-state index in [2.05, 4.69) is 20.7 Å². The molecule has 0 rings (SSSR count). The summed E-state index contributed by atoms with van der Waals surface area (Å²) in [4.78, 5) is 12.1. The standard InChI is InChI=1S/C5H10BrNO2/c1-3-9-5(8)7(2)4-6/h3-4H2,1-2H3. The van der Waals surface area contributed by atoms with Gasteiger partial charge in [-0.25, -0.2) is 4.79 Å². The largest absolute Gasteiger partial charge is 0.450 e. The zero-order valence-corrected chi connectivity index (χ0v) is 7.14. The molecule has 0 radical (unpaired) electrons. The van der Waals surface area contributed by atoms with Crippen LogP contribution in [0, 0.1) is 0 Å². The predicted molar refractivity (Wildman–Crippen MR) is 38.6 cm³/mol. The molecule has 9 heavy (non-hydrogen) atoms. The average Bonchev–Trinajstić information content (AvgIpc) is 1.87. The molecule has 0 aliphatic carbocycles. The van der Waals surface area contributed by atoms with Crippen molar-refractivity contribution in [3.05, 3.63) is 0 Å². The molecular formula is C5H10BrNO2. The first-order valence-electron chi connectivity index (χ1n) is 2.66. The second-order valence-corrected chi connectivity index (χ2v) is 2.02. The van der Waals surface area contributed by atoms with E-state index in [1.165, 1.54) is 4.90 Å². The van der Waals surface area contributed by atoms with E-state index >= 15 is 0 Å². The van der Waals surface area contributed by atoms with Crippen LogP contribution in [0.5, 0.6) is 0 Å². The summed E-state index contributed by atoms with van der Waals surface area (Å²) in [7, 11) is 1.66. The third-order valence-electron chi connectivity index (χ3n) is 0.759. The maximum Gasteiger partial charge on any atom is 0.410 e. The number of hydrogen-bond acceptors (Lipinski definition) is 2. The minimum absolute atomic E-state index is 0.297. The lowest BCUT2D eigenvalue weighted by molar-refractivity contribution is 0.122. The second-order valence-electron chi connectivity index (χ2n) is 1.52. The summed E-state index contributed by atoms with van der Waals surface area (Å²) in [5, 5.41) is 0. The van der Waals surface area contributed by atoms with E-state index < -0.39 is 0 Å². The molecule has 54 valence electrons. The van der Waals surface area contributed by atoms with Crippen molar-refractivity contribution in [3.63, 3.8) is 0 Å². The van der Waals surface area contributed by atoms with Gasteiger partial charge in [0.05, 0.1) is 12.1 Å². The van der Waals surface area contributed by atoms with Gasteiger partial charge in [-0.05, 0) is 6.92 Å². The number of hydrogen-bond donors (Lipinski definition) is 0. The van der Waals surface area contributed by atoms with Gasteiger partial charge >= 0.3 is 6.09 Å². The molecule has 0 bridgehead atoms. The van der Waals surface area contributed by atoms with E-state index in [1.54, 1.807) is 14.0 Å². The molecule has 0 atom stereocenters. The van der Waals surface area contributed by atoms with Gasteiger partial charge in [0.25, 0.3) is 0 Å². The summed E-state index contributed by atoms with van der Waals surface area (Å²) < 4.78 is 4.65. The van der Waals surface area contributed by atoms with Crippen LogP contribution in [0.1, 0.15) is 6.92 Å². The maximum atomic E-state index is 10.6. The Balaban J connectivity index is 3.46. The van der Waals surface area contributed by atoms with E-state index in [-0.39, 0.29) is 6.09 Å². The van der Waals surface area contributed by atoms with Gasteiger partial charge in [0.15, 0.2) is 0 Å². The Morgan fingerprint density at radius 3 is 2.67 bits per heavy atom. The maximum absolute atomic E-state index is 10.6. The quantitative estimate of drug-likeness (QED) is 0.493. The number of halogens is 1. The fraction of sp³-hybridized carbons (Fsp3) is 0.800. The number of rotatable bonds is 2. The summed E-state index contributed by atoms with van der Waals surface area (Å²) in [6.45, 7) is 2.20. The normalized spacial score (nSPS) is 8.78. The first-order chi connectivity index (χ1) is 4.22. The van der Waals surface area contributed by atoms with Gasteiger partial charge in [0.2, 0.25) is 0 Å². The minimum Gasteiger partial charge on any atom is -0.450 e. The second kappa shape index (κ2) is 4.61. The van der Waals surface area contributed by atoms with Crippen molar-refractivity contribution < 1.29 is 9.53 Å². The highest BCUT2D eigenvalue weighted by Gasteiger charge is 2.04. The lowest BCUT2D eigenvalue weighted by atomic mass is 10.8. The van der Waals surface area contributed by atoms with Gasteiger partial charge < -0.3 is 9.64 Å². The molecular weight excluding hydrogens is 186 g/mol. The van der Waals surface area contributed by atoms with Gasteiger partial charge in [-0.15, -0.1) is 0 Å². The van der Waals surface area contributed by atoms with Gasteiger partial charge in [0.1, 0.15) is 0 Å². The van der Waals surface area contributed by atoms with E-state index in [0.717, 1.165) is 0 Å². The Labute approximate surface area is 63.1 Å². The number of carbonyl (C=O) groups is 1.